The van der Waals surface area contributed by atoms with Crippen molar-refractivity contribution in [2.45, 2.75) is 24.3 Å². The van der Waals surface area contributed by atoms with Crippen LogP contribution in [-0.4, -0.2) is 36.7 Å². The highest BCUT2D eigenvalue weighted by Crippen LogP contribution is 2.21. The third kappa shape index (κ3) is 5.32. The van der Waals surface area contributed by atoms with Gasteiger partial charge in [0.1, 0.15) is 5.82 Å². The highest BCUT2D eigenvalue weighted by atomic mass is 32.2. The number of benzene rings is 2. The normalized spacial score (nSPS) is 17.8. The van der Waals surface area contributed by atoms with Crippen LogP contribution in [0.3, 0.4) is 0 Å². The molecule has 0 aromatic heterocycles. The summed E-state index contributed by atoms with van der Waals surface area (Å²) in [6, 6.07) is 14.4. The van der Waals surface area contributed by atoms with Crippen LogP contribution in [0.15, 0.2) is 53.4 Å². The van der Waals surface area contributed by atoms with Crippen molar-refractivity contribution >= 4 is 17.7 Å². The summed E-state index contributed by atoms with van der Waals surface area (Å²) in [6.07, 6.45) is 4.38. The Morgan fingerprint density at radius 1 is 1.27 bits per heavy atom. The van der Waals surface area contributed by atoms with Gasteiger partial charge >= 0.3 is 0 Å². The second-order valence-electron chi connectivity index (χ2n) is 6.81. The second kappa shape index (κ2) is 9.19. The van der Waals surface area contributed by atoms with E-state index in [1.165, 1.54) is 34.7 Å². The average molecular weight is 373 g/mol. The van der Waals surface area contributed by atoms with Crippen LogP contribution in [0, 0.1) is 11.7 Å². The van der Waals surface area contributed by atoms with E-state index < -0.39 is 0 Å². The first-order chi connectivity index (χ1) is 12.6. The monoisotopic (exact) mass is 372 g/mol. The number of rotatable bonds is 6. The number of likely N-dealkylation sites (tertiary alicyclic amines) is 1. The Labute approximate surface area is 159 Å². The van der Waals surface area contributed by atoms with Gasteiger partial charge in [0.2, 0.25) is 0 Å². The van der Waals surface area contributed by atoms with Crippen molar-refractivity contribution in [1.82, 2.24) is 10.2 Å². The summed E-state index contributed by atoms with van der Waals surface area (Å²) in [7, 11) is 0. The zero-order chi connectivity index (χ0) is 18.4. The molecule has 26 heavy (non-hydrogen) atoms. The highest BCUT2D eigenvalue weighted by molar-refractivity contribution is 7.98. The van der Waals surface area contributed by atoms with E-state index in [0.717, 1.165) is 32.5 Å². The number of hydrogen-bond acceptors (Lipinski definition) is 3. The number of thioether (sulfide) groups is 1. The second-order valence-corrected chi connectivity index (χ2v) is 7.69. The first-order valence-corrected chi connectivity index (χ1v) is 10.3. The van der Waals surface area contributed by atoms with Crippen LogP contribution in [0.4, 0.5) is 4.39 Å². The fraction of sp³-hybridized carbons (Fsp3) is 0.381. The van der Waals surface area contributed by atoms with Crippen molar-refractivity contribution in [3.8, 4) is 0 Å². The summed E-state index contributed by atoms with van der Waals surface area (Å²) >= 11 is 1.77. The van der Waals surface area contributed by atoms with Crippen LogP contribution in [0.1, 0.15) is 28.8 Å². The van der Waals surface area contributed by atoms with Crippen molar-refractivity contribution in [2.24, 2.45) is 5.92 Å². The van der Waals surface area contributed by atoms with Gasteiger partial charge in [0.25, 0.3) is 5.91 Å². The molecule has 3 nitrogen and oxygen atoms in total. The standard InChI is InChI=1S/C21H25FN2OS/c1-26-20-6-2-4-16(12-20)14-24-11-3-5-17(15-24)13-23-21(25)18-7-9-19(22)10-8-18/h2,4,6-10,12,17H,3,5,11,13-15H2,1H3,(H,23,25)/t17-/m0/s1. The molecule has 1 aliphatic heterocycles. The van der Waals surface area contributed by atoms with Crippen molar-refractivity contribution in [3.05, 3.63) is 65.5 Å². The molecule has 1 aliphatic rings. The number of nitrogens with zero attached hydrogens (tertiary/aromatic N) is 1. The molecule has 1 saturated heterocycles. The van der Waals surface area contributed by atoms with Crippen LogP contribution < -0.4 is 5.32 Å². The zero-order valence-electron chi connectivity index (χ0n) is 15.1. The molecular weight excluding hydrogens is 347 g/mol. The molecule has 1 heterocycles. The van der Waals surface area contributed by atoms with E-state index in [0.29, 0.717) is 18.0 Å². The van der Waals surface area contributed by atoms with E-state index in [1.807, 2.05) is 0 Å². The number of nitrogens with one attached hydrogen (secondary N) is 1. The number of piperidine rings is 1. The first-order valence-electron chi connectivity index (χ1n) is 9.03. The van der Waals surface area contributed by atoms with E-state index in [9.17, 15) is 9.18 Å². The summed E-state index contributed by atoms with van der Waals surface area (Å²) in [5.74, 6) is 0.00157. The van der Waals surface area contributed by atoms with Gasteiger partial charge in [-0.05, 0) is 73.5 Å². The number of hydrogen-bond donors (Lipinski definition) is 1. The Morgan fingerprint density at radius 2 is 2.08 bits per heavy atom. The molecule has 0 bridgehead atoms. The number of halogens is 1. The van der Waals surface area contributed by atoms with E-state index in [2.05, 4.69) is 40.7 Å². The van der Waals surface area contributed by atoms with Gasteiger partial charge in [-0.3, -0.25) is 9.69 Å². The van der Waals surface area contributed by atoms with Gasteiger partial charge in [0.15, 0.2) is 0 Å². The van der Waals surface area contributed by atoms with Crippen molar-refractivity contribution in [2.75, 3.05) is 25.9 Å². The van der Waals surface area contributed by atoms with Crippen LogP contribution in [-0.2, 0) is 6.54 Å². The van der Waals surface area contributed by atoms with Gasteiger partial charge in [0, 0.05) is 30.1 Å². The SMILES string of the molecule is CSc1cccc(CN2CCC[C@@H](CNC(=O)c3ccc(F)cc3)C2)c1. The van der Waals surface area contributed by atoms with Gasteiger partial charge < -0.3 is 5.32 Å². The molecule has 3 rings (SSSR count). The van der Waals surface area contributed by atoms with E-state index in [1.54, 1.807) is 11.8 Å². The van der Waals surface area contributed by atoms with E-state index in [-0.39, 0.29) is 11.7 Å². The Bertz CT molecular complexity index is 735. The molecule has 2 aromatic carbocycles. The maximum Gasteiger partial charge on any atom is 0.251 e. The minimum absolute atomic E-state index is 0.130. The van der Waals surface area contributed by atoms with Gasteiger partial charge in [0.05, 0.1) is 0 Å². The molecule has 0 spiro atoms. The Morgan fingerprint density at radius 3 is 2.85 bits per heavy atom. The van der Waals surface area contributed by atoms with Gasteiger partial charge in [-0.25, -0.2) is 4.39 Å². The lowest BCUT2D eigenvalue weighted by Crippen LogP contribution is -2.40. The minimum atomic E-state index is -0.324. The lowest BCUT2D eigenvalue weighted by Gasteiger charge is -2.33. The molecule has 0 unspecified atom stereocenters. The third-order valence-electron chi connectivity index (χ3n) is 4.80. The van der Waals surface area contributed by atoms with Crippen molar-refractivity contribution in [3.63, 3.8) is 0 Å². The highest BCUT2D eigenvalue weighted by Gasteiger charge is 2.20. The fourth-order valence-corrected chi connectivity index (χ4v) is 3.91. The first kappa shape index (κ1) is 18.9. The van der Waals surface area contributed by atoms with Crippen LogP contribution >= 0.6 is 11.8 Å². The van der Waals surface area contributed by atoms with Crippen LogP contribution in [0.5, 0.6) is 0 Å². The van der Waals surface area contributed by atoms with Gasteiger partial charge in [-0.1, -0.05) is 12.1 Å². The minimum Gasteiger partial charge on any atom is -0.352 e. The molecule has 138 valence electrons. The number of amides is 1. The summed E-state index contributed by atoms with van der Waals surface area (Å²) in [6.45, 7) is 3.72. The smallest absolute Gasteiger partial charge is 0.251 e. The van der Waals surface area contributed by atoms with E-state index >= 15 is 0 Å². The fourth-order valence-electron chi connectivity index (χ4n) is 3.43. The summed E-state index contributed by atoms with van der Waals surface area (Å²) in [5, 5.41) is 3.00. The maximum absolute atomic E-state index is 13.0. The van der Waals surface area contributed by atoms with Crippen LogP contribution in [0.2, 0.25) is 0 Å². The summed E-state index contributed by atoms with van der Waals surface area (Å²) < 4.78 is 13.0. The molecule has 1 atom stereocenters. The van der Waals surface area contributed by atoms with Gasteiger partial charge in [-0.15, -0.1) is 11.8 Å². The molecule has 1 amide bonds. The molecule has 2 aromatic rings. The largest absolute Gasteiger partial charge is 0.352 e. The van der Waals surface area contributed by atoms with Gasteiger partial charge in [-0.2, -0.15) is 0 Å². The number of carbonyl (C=O) groups is 1. The molecule has 0 aliphatic carbocycles. The Hall–Kier alpha value is -1.85. The summed E-state index contributed by atoms with van der Waals surface area (Å²) in [4.78, 5) is 16.0. The molecule has 0 saturated carbocycles. The molecule has 1 fully saturated rings. The van der Waals surface area contributed by atoms with Crippen LogP contribution in [0.25, 0.3) is 0 Å². The molecule has 0 radical (unpaired) electrons. The molecule has 5 heteroatoms. The predicted octanol–water partition coefficient (Wildman–Crippen LogP) is 4.19. The molecular formula is C21H25FN2OS. The lowest BCUT2D eigenvalue weighted by atomic mass is 9.97. The zero-order valence-corrected chi connectivity index (χ0v) is 15.9. The quantitative estimate of drug-likeness (QED) is 0.772. The number of carbonyl (C=O) groups excluding carboxylic acids is 1. The Kier molecular flexibility index (Phi) is 6.69. The average Bonchev–Trinajstić information content (AvgIpc) is 2.67. The van der Waals surface area contributed by atoms with E-state index in [4.69, 9.17) is 0 Å². The lowest BCUT2D eigenvalue weighted by molar-refractivity contribution is 0.0930. The Balaban J connectivity index is 1.50. The third-order valence-corrected chi connectivity index (χ3v) is 5.53. The predicted molar refractivity (Wildman–Crippen MR) is 105 cm³/mol. The maximum atomic E-state index is 13.0. The van der Waals surface area contributed by atoms with Crippen molar-refractivity contribution < 1.29 is 9.18 Å². The topological polar surface area (TPSA) is 32.3 Å². The van der Waals surface area contributed by atoms with Crippen molar-refractivity contribution in [1.29, 1.82) is 0 Å². The molecule has 1 N–H and O–H groups in total. The summed E-state index contributed by atoms with van der Waals surface area (Å²) in [5.41, 5.74) is 1.85.